The fourth-order valence-electron chi connectivity index (χ4n) is 5.03. The zero-order chi connectivity index (χ0) is 30.5. The predicted octanol–water partition coefficient (Wildman–Crippen LogP) is 5.69. The Hall–Kier alpha value is -3.86. The van der Waals surface area contributed by atoms with E-state index >= 15 is 0 Å². The first kappa shape index (κ1) is 31.1. The summed E-state index contributed by atoms with van der Waals surface area (Å²) in [6.07, 6.45) is -1.07. The monoisotopic (exact) mass is 601 g/mol. The van der Waals surface area contributed by atoms with E-state index in [2.05, 4.69) is 5.32 Å². The van der Waals surface area contributed by atoms with Crippen LogP contribution in [0.2, 0.25) is 0 Å². The van der Waals surface area contributed by atoms with Crippen molar-refractivity contribution in [2.75, 3.05) is 10.8 Å². The van der Waals surface area contributed by atoms with E-state index in [0.717, 1.165) is 48.9 Å². The number of hydrogen-bond donors (Lipinski definition) is 1. The summed E-state index contributed by atoms with van der Waals surface area (Å²) in [7, 11) is -4.47. The van der Waals surface area contributed by atoms with Gasteiger partial charge in [0.1, 0.15) is 12.6 Å². The van der Waals surface area contributed by atoms with Crippen LogP contribution in [0.15, 0.2) is 83.8 Å². The van der Waals surface area contributed by atoms with Crippen LogP contribution in [0.25, 0.3) is 0 Å². The van der Waals surface area contributed by atoms with Crippen LogP contribution in [-0.2, 0) is 32.3 Å². The van der Waals surface area contributed by atoms with Gasteiger partial charge in [0, 0.05) is 12.6 Å². The van der Waals surface area contributed by atoms with Gasteiger partial charge in [0.25, 0.3) is 10.0 Å². The van der Waals surface area contributed by atoms with Crippen molar-refractivity contribution in [2.45, 2.75) is 69.2 Å². The van der Waals surface area contributed by atoms with E-state index in [1.165, 1.54) is 35.2 Å². The first-order valence-electron chi connectivity index (χ1n) is 13.8. The Morgan fingerprint density at radius 2 is 1.60 bits per heavy atom. The average molecular weight is 602 g/mol. The highest BCUT2D eigenvalue weighted by molar-refractivity contribution is 7.92. The molecule has 0 heterocycles. The van der Waals surface area contributed by atoms with Gasteiger partial charge in [-0.2, -0.15) is 13.2 Å². The van der Waals surface area contributed by atoms with Gasteiger partial charge in [0.05, 0.1) is 16.1 Å². The number of hydrogen-bond acceptors (Lipinski definition) is 4. The number of aryl methyl sites for hydroxylation is 1. The number of nitrogens with one attached hydrogen (secondary N) is 1. The standard InChI is InChI=1S/C31H34F3N3O4S/c1-22-11-6-7-12-24(22)20-36(23(2)30(39)35-26-14-8-9-15-26)29(38)21-37(42(40,41)28-17-4-3-5-18-28)27-16-10-13-25(19-27)31(32,33)34/h3-7,10-13,16-19,23,26H,8-9,14-15,20-21H2,1-2H3,(H,35,39)/t23-/m1/s1. The molecule has 42 heavy (non-hydrogen) atoms. The van der Waals surface area contributed by atoms with Crippen LogP contribution >= 0.6 is 0 Å². The molecule has 0 spiro atoms. The van der Waals surface area contributed by atoms with Crippen LogP contribution < -0.4 is 9.62 Å². The summed E-state index contributed by atoms with van der Waals surface area (Å²) in [6.45, 7) is 2.62. The van der Waals surface area contributed by atoms with E-state index in [4.69, 9.17) is 0 Å². The maximum absolute atomic E-state index is 14.0. The molecule has 224 valence electrons. The van der Waals surface area contributed by atoms with Gasteiger partial charge in [-0.05, 0) is 68.1 Å². The number of anilines is 1. The van der Waals surface area contributed by atoms with Crippen molar-refractivity contribution in [3.63, 3.8) is 0 Å². The van der Waals surface area contributed by atoms with Crippen molar-refractivity contribution < 1.29 is 31.2 Å². The molecule has 0 bridgehead atoms. The lowest BCUT2D eigenvalue weighted by atomic mass is 10.1. The number of nitrogens with zero attached hydrogens (tertiary/aromatic N) is 2. The largest absolute Gasteiger partial charge is 0.416 e. The second-order valence-corrected chi connectivity index (χ2v) is 12.3. The minimum atomic E-state index is -4.73. The summed E-state index contributed by atoms with van der Waals surface area (Å²) in [5.41, 5.74) is 0.246. The number of amides is 2. The minimum absolute atomic E-state index is 0.00423. The Morgan fingerprint density at radius 3 is 2.24 bits per heavy atom. The summed E-state index contributed by atoms with van der Waals surface area (Å²) >= 11 is 0. The Balaban J connectivity index is 1.73. The summed E-state index contributed by atoms with van der Waals surface area (Å²) in [6, 6.07) is 17.4. The number of rotatable bonds is 10. The van der Waals surface area contributed by atoms with Gasteiger partial charge >= 0.3 is 6.18 Å². The van der Waals surface area contributed by atoms with E-state index < -0.39 is 40.3 Å². The van der Waals surface area contributed by atoms with Gasteiger partial charge in [0.2, 0.25) is 11.8 Å². The molecule has 0 radical (unpaired) electrons. The third kappa shape index (κ3) is 7.31. The first-order chi connectivity index (χ1) is 19.9. The van der Waals surface area contributed by atoms with E-state index in [-0.39, 0.29) is 29.1 Å². The third-order valence-corrected chi connectivity index (χ3v) is 9.33. The number of sulfonamides is 1. The van der Waals surface area contributed by atoms with Crippen molar-refractivity contribution in [3.05, 3.63) is 95.6 Å². The van der Waals surface area contributed by atoms with Gasteiger partial charge in [-0.15, -0.1) is 0 Å². The summed E-state index contributed by atoms with van der Waals surface area (Å²) in [4.78, 5) is 28.4. The molecule has 3 aromatic rings. The Morgan fingerprint density at radius 1 is 0.952 bits per heavy atom. The molecular formula is C31H34F3N3O4S. The molecule has 0 saturated heterocycles. The van der Waals surface area contributed by atoms with Crippen LogP contribution in [-0.4, -0.2) is 43.8 Å². The lowest BCUT2D eigenvalue weighted by Gasteiger charge is -2.33. The van der Waals surface area contributed by atoms with Crippen molar-refractivity contribution in [1.29, 1.82) is 0 Å². The van der Waals surface area contributed by atoms with Crippen LogP contribution in [0.3, 0.4) is 0 Å². The quantitative estimate of drug-likeness (QED) is 0.324. The summed E-state index contributed by atoms with van der Waals surface area (Å²) in [5.74, 6) is -1.11. The predicted molar refractivity (Wildman–Crippen MR) is 154 cm³/mol. The van der Waals surface area contributed by atoms with E-state index in [0.29, 0.717) is 10.4 Å². The second-order valence-electron chi connectivity index (χ2n) is 10.5. The fourth-order valence-corrected chi connectivity index (χ4v) is 6.46. The third-order valence-electron chi connectivity index (χ3n) is 7.54. The average Bonchev–Trinajstić information content (AvgIpc) is 3.48. The molecule has 2 amide bonds. The molecule has 0 unspecified atom stereocenters. The Kier molecular flexibility index (Phi) is 9.60. The number of halogens is 3. The minimum Gasteiger partial charge on any atom is -0.352 e. The van der Waals surface area contributed by atoms with Crippen molar-refractivity contribution in [1.82, 2.24) is 10.2 Å². The maximum atomic E-state index is 14.0. The molecule has 4 rings (SSSR count). The molecule has 1 saturated carbocycles. The molecule has 1 N–H and O–H groups in total. The van der Waals surface area contributed by atoms with Crippen LogP contribution in [0, 0.1) is 6.92 Å². The summed E-state index contributed by atoms with van der Waals surface area (Å²) < 4.78 is 69.0. The highest BCUT2D eigenvalue weighted by Crippen LogP contribution is 2.33. The molecule has 1 aliphatic rings. The molecule has 1 fully saturated rings. The zero-order valence-corrected chi connectivity index (χ0v) is 24.3. The Bertz CT molecular complexity index is 1510. The molecule has 1 aliphatic carbocycles. The first-order valence-corrected chi connectivity index (χ1v) is 15.2. The van der Waals surface area contributed by atoms with Gasteiger partial charge in [-0.25, -0.2) is 8.42 Å². The maximum Gasteiger partial charge on any atom is 0.416 e. The van der Waals surface area contributed by atoms with Gasteiger partial charge in [0.15, 0.2) is 0 Å². The van der Waals surface area contributed by atoms with Gasteiger partial charge in [-0.1, -0.05) is 61.4 Å². The second kappa shape index (κ2) is 13.0. The molecule has 7 nitrogen and oxygen atoms in total. The molecular weight excluding hydrogens is 567 g/mol. The normalized spacial score (nSPS) is 14.8. The van der Waals surface area contributed by atoms with Crippen LogP contribution in [0.1, 0.15) is 49.3 Å². The molecule has 0 aromatic heterocycles. The van der Waals surface area contributed by atoms with Gasteiger partial charge in [-0.3, -0.25) is 13.9 Å². The topological polar surface area (TPSA) is 86.8 Å². The molecule has 0 aliphatic heterocycles. The van der Waals surface area contributed by atoms with E-state index in [9.17, 15) is 31.2 Å². The zero-order valence-electron chi connectivity index (χ0n) is 23.5. The van der Waals surface area contributed by atoms with Crippen molar-refractivity contribution >= 4 is 27.5 Å². The van der Waals surface area contributed by atoms with Gasteiger partial charge < -0.3 is 10.2 Å². The fraction of sp³-hybridized carbons (Fsp3) is 0.355. The smallest absolute Gasteiger partial charge is 0.352 e. The number of benzene rings is 3. The highest BCUT2D eigenvalue weighted by Gasteiger charge is 2.35. The van der Waals surface area contributed by atoms with Crippen LogP contribution in [0.4, 0.5) is 18.9 Å². The summed E-state index contributed by atoms with van der Waals surface area (Å²) in [5, 5.41) is 2.99. The Labute approximate surface area is 244 Å². The van der Waals surface area contributed by atoms with E-state index in [1.807, 2.05) is 25.1 Å². The number of carbonyl (C=O) groups excluding carboxylic acids is 2. The highest BCUT2D eigenvalue weighted by atomic mass is 32.2. The molecule has 3 aromatic carbocycles. The van der Waals surface area contributed by atoms with Crippen LogP contribution in [0.5, 0.6) is 0 Å². The van der Waals surface area contributed by atoms with Crippen molar-refractivity contribution in [2.24, 2.45) is 0 Å². The number of carbonyl (C=O) groups is 2. The molecule has 11 heteroatoms. The SMILES string of the molecule is Cc1ccccc1CN(C(=O)CN(c1cccc(C(F)(F)F)c1)S(=O)(=O)c1ccccc1)[C@H](C)C(=O)NC1CCCC1. The number of alkyl halides is 3. The lowest BCUT2D eigenvalue weighted by Crippen LogP contribution is -2.52. The lowest BCUT2D eigenvalue weighted by molar-refractivity contribution is -0.139. The van der Waals surface area contributed by atoms with Crippen molar-refractivity contribution in [3.8, 4) is 0 Å². The van der Waals surface area contributed by atoms with E-state index in [1.54, 1.807) is 19.1 Å². The molecule has 1 atom stereocenters.